The first-order valence-electron chi connectivity index (χ1n) is 9.80. The molecule has 0 bridgehead atoms. The fourth-order valence-corrected chi connectivity index (χ4v) is 4.08. The van der Waals surface area contributed by atoms with Crippen molar-refractivity contribution in [2.24, 2.45) is 0 Å². The van der Waals surface area contributed by atoms with Crippen molar-refractivity contribution in [3.63, 3.8) is 0 Å². The van der Waals surface area contributed by atoms with Crippen LogP contribution >= 0.6 is 11.6 Å². The summed E-state index contributed by atoms with van der Waals surface area (Å²) in [6.07, 6.45) is 3.97. The van der Waals surface area contributed by atoms with Crippen LogP contribution in [0.3, 0.4) is 0 Å². The van der Waals surface area contributed by atoms with E-state index < -0.39 is 0 Å². The largest absolute Gasteiger partial charge is 0.505 e. The second-order valence-electron chi connectivity index (χ2n) is 7.48. The summed E-state index contributed by atoms with van der Waals surface area (Å²) in [5, 5.41) is 12.6. The first-order chi connectivity index (χ1) is 14.5. The molecule has 1 atom stereocenters. The number of halogens is 1. The van der Waals surface area contributed by atoms with E-state index in [1.165, 1.54) is 0 Å². The van der Waals surface area contributed by atoms with Gasteiger partial charge in [0.1, 0.15) is 17.0 Å². The highest BCUT2D eigenvalue weighted by Crippen LogP contribution is 2.39. The predicted octanol–water partition coefficient (Wildman–Crippen LogP) is 5.99. The number of hydrogen-bond donors (Lipinski definition) is 1. The van der Waals surface area contributed by atoms with Crippen LogP contribution in [-0.2, 0) is 6.42 Å². The maximum Gasteiger partial charge on any atom is 0.145 e. The van der Waals surface area contributed by atoms with Gasteiger partial charge in [-0.15, -0.1) is 0 Å². The van der Waals surface area contributed by atoms with Gasteiger partial charge in [-0.05, 0) is 48.7 Å². The molecule has 0 radical (unpaired) electrons. The predicted molar refractivity (Wildman–Crippen MR) is 121 cm³/mol. The number of hydrogen-bond acceptors (Lipinski definition) is 4. The standard InChI is InChI=1S/C25H23ClN2O2/c1-15-6-7-18(12-23(15)30-3)21(13-22-16(2)11-19(26)14-28-22)20-9-8-17-5-4-10-27-24(17)25(20)29/h4-12,14,21,29H,13H2,1-3H3. The lowest BCUT2D eigenvalue weighted by molar-refractivity contribution is 0.410. The molecule has 0 aliphatic carbocycles. The molecule has 0 amide bonds. The number of pyridine rings is 2. The highest BCUT2D eigenvalue weighted by molar-refractivity contribution is 6.30. The highest BCUT2D eigenvalue weighted by atomic mass is 35.5. The lowest BCUT2D eigenvalue weighted by atomic mass is 9.85. The summed E-state index contributed by atoms with van der Waals surface area (Å²) in [5.41, 5.74) is 5.46. The van der Waals surface area contributed by atoms with Crippen LogP contribution in [-0.4, -0.2) is 22.2 Å². The molecule has 4 aromatic rings. The summed E-state index contributed by atoms with van der Waals surface area (Å²) < 4.78 is 5.55. The van der Waals surface area contributed by atoms with Crippen molar-refractivity contribution in [2.75, 3.05) is 7.11 Å². The van der Waals surface area contributed by atoms with Crippen LogP contribution in [0.25, 0.3) is 10.9 Å². The molecule has 0 aliphatic rings. The summed E-state index contributed by atoms with van der Waals surface area (Å²) in [6, 6.07) is 15.9. The van der Waals surface area contributed by atoms with Crippen LogP contribution in [0.4, 0.5) is 0 Å². The Hall–Kier alpha value is -3.11. The normalized spacial score (nSPS) is 12.1. The second-order valence-corrected chi connectivity index (χ2v) is 7.92. The van der Waals surface area contributed by atoms with Crippen molar-refractivity contribution in [3.8, 4) is 11.5 Å². The summed E-state index contributed by atoms with van der Waals surface area (Å²) in [6.45, 7) is 4.02. The lowest BCUT2D eigenvalue weighted by Gasteiger charge is -2.21. The third-order valence-electron chi connectivity index (χ3n) is 5.54. The molecule has 152 valence electrons. The van der Waals surface area contributed by atoms with Gasteiger partial charge < -0.3 is 9.84 Å². The molecule has 5 heteroatoms. The van der Waals surface area contributed by atoms with Crippen LogP contribution < -0.4 is 4.74 Å². The highest BCUT2D eigenvalue weighted by Gasteiger charge is 2.22. The third kappa shape index (κ3) is 3.83. The molecule has 0 fully saturated rings. The molecule has 4 rings (SSSR count). The monoisotopic (exact) mass is 418 g/mol. The van der Waals surface area contributed by atoms with E-state index in [-0.39, 0.29) is 11.7 Å². The number of aryl methyl sites for hydroxylation is 2. The summed E-state index contributed by atoms with van der Waals surface area (Å²) >= 11 is 6.11. The lowest BCUT2D eigenvalue weighted by Crippen LogP contribution is -2.09. The van der Waals surface area contributed by atoms with Gasteiger partial charge in [0.05, 0.1) is 12.1 Å². The third-order valence-corrected chi connectivity index (χ3v) is 5.75. The van der Waals surface area contributed by atoms with Gasteiger partial charge in [0.15, 0.2) is 0 Å². The average Bonchev–Trinajstić information content (AvgIpc) is 2.75. The van der Waals surface area contributed by atoms with Gasteiger partial charge in [0.2, 0.25) is 0 Å². The van der Waals surface area contributed by atoms with E-state index in [0.29, 0.717) is 17.0 Å². The number of rotatable bonds is 5. The van der Waals surface area contributed by atoms with E-state index >= 15 is 0 Å². The number of benzene rings is 2. The Bertz CT molecular complexity index is 1220. The van der Waals surface area contributed by atoms with E-state index in [2.05, 4.69) is 16.0 Å². The van der Waals surface area contributed by atoms with Gasteiger partial charge in [0.25, 0.3) is 0 Å². The van der Waals surface area contributed by atoms with Gasteiger partial charge in [-0.2, -0.15) is 0 Å². The summed E-state index contributed by atoms with van der Waals surface area (Å²) in [5.74, 6) is 0.888. The number of ether oxygens (including phenoxy) is 1. The van der Waals surface area contributed by atoms with Crippen molar-refractivity contribution in [1.29, 1.82) is 0 Å². The van der Waals surface area contributed by atoms with E-state index in [9.17, 15) is 5.11 Å². The fraction of sp³-hybridized carbons (Fsp3) is 0.200. The quantitative estimate of drug-likeness (QED) is 0.432. The van der Waals surface area contributed by atoms with Crippen molar-refractivity contribution < 1.29 is 9.84 Å². The van der Waals surface area contributed by atoms with Crippen molar-refractivity contribution >= 4 is 22.5 Å². The first kappa shape index (κ1) is 20.2. The zero-order chi connectivity index (χ0) is 21.3. The molecule has 2 aromatic heterocycles. The minimum absolute atomic E-state index is 0.127. The number of methoxy groups -OCH3 is 1. The molecule has 0 aliphatic heterocycles. The zero-order valence-corrected chi connectivity index (χ0v) is 17.9. The Morgan fingerprint density at radius 2 is 1.87 bits per heavy atom. The molecule has 0 saturated carbocycles. The number of aromatic hydroxyl groups is 1. The van der Waals surface area contributed by atoms with Crippen LogP contribution in [0.15, 0.2) is 60.9 Å². The fourth-order valence-electron chi connectivity index (χ4n) is 3.86. The number of aromatic nitrogens is 2. The molecule has 1 unspecified atom stereocenters. The van der Waals surface area contributed by atoms with E-state index in [4.69, 9.17) is 16.3 Å². The van der Waals surface area contributed by atoms with Crippen molar-refractivity contribution in [2.45, 2.75) is 26.2 Å². The van der Waals surface area contributed by atoms with Crippen LogP contribution in [0.1, 0.15) is 33.9 Å². The number of fused-ring (bicyclic) bond motifs is 1. The number of phenols is 1. The van der Waals surface area contributed by atoms with E-state index in [1.54, 1.807) is 19.5 Å². The molecular formula is C25H23ClN2O2. The maximum absolute atomic E-state index is 11.1. The van der Waals surface area contributed by atoms with E-state index in [0.717, 1.165) is 39.1 Å². The van der Waals surface area contributed by atoms with Gasteiger partial charge in [-0.1, -0.05) is 41.9 Å². The molecule has 4 nitrogen and oxygen atoms in total. The molecule has 0 spiro atoms. The van der Waals surface area contributed by atoms with Crippen molar-refractivity contribution in [1.82, 2.24) is 9.97 Å². The smallest absolute Gasteiger partial charge is 0.145 e. The Morgan fingerprint density at radius 3 is 2.63 bits per heavy atom. The Labute approximate surface area is 181 Å². The minimum Gasteiger partial charge on any atom is -0.505 e. The molecule has 2 aromatic carbocycles. The Balaban J connectivity index is 1.88. The van der Waals surface area contributed by atoms with Gasteiger partial charge in [-0.3, -0.25) is 9.97 Å². The summed E-state index contributed by atoms with van der Waals surface area (Å²) in [4.78, 5) is 8.95. The van der Waals surface area contributed by atoms with Crippen LogP contribution in [0, 0.1) is 13.8 Å². The Kier molecular flexibility index (Phi) is 5.60. The zero-order valence-electron chi connectivity index (χ0n) is 17.2. The molecule has 1 N–H and O–H groups in total. The SMILES string of the molecule is COc1cc(C(Cc2ncc(Cl)cc2C)c2ccc3cccnc3c2O)ccc1C. The molecule has 2 heterocycles. The van der Waals surface area contributed by atoms with Crippen LogP contribution in [0.5, 0.6) is 11.5 Å². The molecule has 0 saturated heterocycles. The molecular weight excluding hydrogens is 396 g/mol. The van der Waals surface area contributed by atoms with Gasteiger partial charge >= 0.3 is 0 Å². The maximum atomic E-state index is 11.1. The Morgan fingerprint density at radius 1 is 1.03 bits per heavy atom. The van der Waals surface area contributed by atoms with Crippen LogP contribution in [0.2, 0.25) is 5.02 Å². The minimum atomic E-state index is -0.127. The first-order valence-corrected chi connectivity index (χ1v) is 10.2. The number of nitrogens with zero attached hydrogens (tertiary/aromatic N) is 2. The van der Waals surface area contributed by atoms with E-state index in [1.807, 2.05) is 56.3 Å². The second kappa shape index (κ2) is 8.33. The average molecular weight is 419 g/mol. The topological polar surface area (TPSA) is 55.2 Å². The van der Waals surface area contributed by atoms with Crippen molar-refractivity contribution in [3.05, 3.63) is 93.9 Å². The summed E-state index contributed by atoms with van der Waals surface area (Å²) in [7, 11) is 1.67. The molecule has 30 heavy (non-hydrogen) atoms. The number of phenolic OH excluding ortho intramolecular Hbond substituents is 1. The van der Waals surface area contributed by atoms with Gasteiger partial charge in [0, 0.05) is 41.4 Å². The van der Waals surface area contributed by atoms with Gasteiger partial charge in [-0.25, -0.2) is 0 Å².